The monoisotopic (exact) mass is 433 g/mol. The smallest absolute Gasteiger partial charge is 0.410 e. The number of ether oxygens (including phenoxy) is 1. The van der Waals surface area contributed by atoms with Gasteiger partial charge in [-0.1, -0.05) is 48.5 Å². The van der Waals surface area contributed by atoms with Crippen molar-refractivity contribution in [2.45, 2.75) is 44.6 Å². The number of fused-ring (bicyclic) bond motifs is 5. The number of amides is 1. The third kappa shape index (κ3) is 3.78. The summed E-state index contributed by atoms with van der Waals surface area (Å²) < 4.78 is 5.61. The Morgan fingerprint density at radius 3 is 2.75 bits per heavy atom. The molecular formula is C26H31N3O3. The van der Waals surface area contributed by atoms with E-state index in [1.807, 2.05) is 37.3 Å². The standard InChI is InChI=1S/C26H31N3O3/c1-17(30)21-15-29-13-12-20-19-10-6-7-11-22(19)27-25(20)24(29)14-23(21)28(2)26(31)32-16-18-8-4-3-5-9-18/h3-11,17,21,23-24,27,30H,12-16H2,1-2H3/t17-,21-,23-,24-/m0/s1. The first kappa shape index (κ1) is 21.0. The Kier molecular flexibility index (Phi) is 5.66. The number of aliphatic hydroxyl groups is 1. The molecule has 2 aliphatic rings. The highest BCUT2D eigenvalue weighted by Gasteiger charge is 2.44. The topological polar surface area (TPSA) is 68.8 Å². The summed E-state index contributed by atoms with van der Waals surface area (Å²) in [5.41, 5.74) is 4.79. The predicted molar refractivity (Wildman–Crippen MR) is 124 cm³/mol. The van der Waals surface area contributed by atoms with Crippen LogP contribution in [-0.4, -0.2) is 58.3 Å². The average molecular weight is 434 g/mol. The number of carbonyl (C=O) groups is 1. The van der Waals surface area contributed by atoms with Gasteiger partial charge in [0.25, 0.3) is 0 Å². The molecule has 1 saturated heterocycles. The van der Waals surface area contributed by atoms with Crippen LogP contribution in [0.4, 0.5) is 4.79 Å². The molecule has 1 fully saturated rings. The van der Waals surface area contributed by atoms with Crippen LogP contribution in [0.25, 0.3) is 10.9 Å². The van der Waals surface area contributed by atoms with E-state index in [0.717, 1.165) is 31.5 Å². The zero-order valence-electron chi connectivity index (χ0n) is 18.7. The summed E-state index contributed by atoms with van der Waals surface area (Å²) in [4.78, 5) is 20.8. The first-order valence-electron chi connectivity index (χ1n) is 11.5. The lowest BCUT2D eigenvalue weighted by Gasteiger charge is -2.49. The van der Waals surface area contributed by atoms with Crippen LogP contribution in [0, 0.1) is 5.92 Å². The van der Waals surface area contributed by atoms with Crippen molar-refractivity contribution in [3.63, 3.8) is 0 Å². The average Bonchev–Trinajstić information content (AvgIpc) is 3.21. The molecule has 1 aromatic heterocycles. The van der Waals surface area contributed by atoms with E-state index in [4.69, 9.17) is 4.74 Å². The molecule has 6 heteroatoms. The maximum atomic E-state index is 12.9. The number of hydrogen-bond donors (Lipinski definition) is 2. The van der Waals surface area contributed by atoms with Crippen molar-refractivity contribution in [3.05, 3.63) is 71.4 Å². The van der Waals surface area contributed by atoms with Crippen LogP contribution in [-0.2, 0) is 17.8 Å². The van der Waals surface area contributed by atoms with Gasteiger partial charge in [-0.25, -0.2) is 4.79 Å². The molecule has 168 valence electrons. The van der Waals surface area contributed by atoms with Gasteiger partial charge in [-0.2, -0.15) is 0 Å². The first-order chi connectivity index (χ1) is 15.5. The number of aliphatic hydroxyl groups excluding tert-OH is 1. The Morgan fingerprint density at radius 2 is 1.97 bits per heavy atom. The van der Waals surface area contributed by atoms with Crippen molar-refractivity contribution in [1.82, 2.24) is 14.8 Å². The molecule has 0 unspecified atom stereocenters. The second-order valence-electron chi connectivity index (χ2n) is 9.18. The number of nitrogens with zero attached hydrogens (tertiary/aromatic N) is 2. The third-order valence-electron chi connectivity index (χ3n) is 7.28. The lowest BCUT2D eigenvalue weighted by atomic mass is 9.80. The van der Waals surface area contributed by atoms with Crippen molar-refractivity contribution < 1.29 is 14.6 Å². The van der Waals surface area contributed by atoms with Gasteiger partial charge in [-0.3, -0.25) is 4.90 Å². The van der Waals surface area contributed by atoms with Gasteiger partial charge in [-0.15, -0.1) is 0 Å². The molecule has 2 aliphatic heterocycles. The molecule has 3 heterocycles. The lowest BCUT2D eigenvalue weighted by Crippen LogP contribution is -2.56. The Morgan fingerprint density at radius 1 is 1.22 bits per heavy atom. The summed E-state index contributed by atoms with van der Waals surface area (Å²) in [6.45, 7) is 3.81. The van der Waals surface area contributed by atoms with Crippen LogP contribution in [0.5, 0.6) is 0 Å². The maximum Gasteiger partial charge on any atom is 0.410 e. The van der Waals surface area contributed by atoms with E-state index in [1.54, 1.807) is 11.9 Å². The zero-order chi connectivity index (χ0) is 22.2. The molecule has 6 nitrogen and oxygen atoms in total. The molecule has 0 saturated carbocycles. The van der Waals surface area contributed by atoms with Gasteiger partial charge >= 0.3 is 6.09 Å². The molecule has 1 amide bonds. The molecule has 3 aromatic rings. The fraction of sp³-hybridized carbons (Fsp3) is 0.423. The third-order valence-corrected chi connectivity index (χ3v) is 7.28. The summed E-state index contributed by atoms with van der Waals surface area (Å²) in [6.07, 6.45) is 0.925. The van der Waals surface area contributed by atoms with Gasteiger partial charge in [-0.05, 0) is 37.0 Å². The lowest BCUT2D eigenvalue weighted by molar-refractivity contribution is -0.0288. The molecule has 0 spiro atoms. The largest absolute Gasteiger partial charge is 0.445 e. The highest BCUT2D eigenvalue weighted by atomic mass is 16.6. The first-order valence-corrected chi connectivity index (χ1v) is 11.5. The highest BCUT2D eigenvalue weighted by Crippen LogP contribution is 2.42. The van der Waals surface area contributed by atoms with Crippen LogP contribution in [0.1, 0.15) is 36.2 Å². The summed E-state index contributed by atoms with van der Waals surface area (Å²) in [7, 11) is 1.80. The molecule has 0 aliphatic carbocycles. The van der Waals surface area contributed by atoms with E-state index in [0.29, 0.717) is 0 Å². The van der Waals surface area contributed by atoms with Gasteiger partial charge < -0.3 is 19.7 Å². The number of hydrogen-bond acceptors (Lipinski definition) is 4. The van der Waals surface area contributed by atoms with Crippen LogP contribution >= 0.6 is 0 Å². The molecular weight excluding hydrogens is 402 g/mol. The van der Waals surface area contributed by atoms with E-state index in [1.165, 1.54) is 22.2 Å². The quantitative estimate of drug-likeness (QED) is 0.650. The van der Waals surface area contributed by atoms with Crippen molar-refractivity contribution in [2.75, 3.05) is 20.1 Å². The SMILES string of the molecule is C[C@H](O)[C@@H]1CN2CCc3c([nH]c4ccccc34)[C@@H]2C[C@@H]1N(C)C(=O)OCc1ccccc1. The number of aromatic amines is 1. The zero-order valence-corrected chi connectivity index (χ0v) is 18.7. The summed E-state index contributed by atoms with van der Waals surface area (Å²) in [5.74, 6) is -0.0218. The molecule has 0 bridgehead atoms. The van der Waals surface area contributed by atoms with Crippen molar-refractivity contribution in [2.24, 2.45) is 5.92 Å². The van der Waals surface area contributed by atoms with Crippen molar-refractivity contribution in [3.8, 4) is 0 Å². The molecule has 32 heavy (non-hydrogen) atoms. The van der Waals surface area contributed by atoms with Crippen LogP contribution in [0.15, 0.2) is 54.6 Å². The van der Waals surface area contributed by atoms with Crippen LogP contribution in [0.3, 0.4) is 0 Å². The summed E-state index contributed by atoms with van der Waals surface area (Å²) >= 11 is 0. The Balaban J connectivity index is 1.38. The van der Waals surface area contributed by atoms with Crippen molar-refractivity contribution >= 4 is 17.0 Å². The fourth-order valence-corrected chi connectivity index (χ4v) is 5.53. The minimum absolute atomic E-state index is 0.0218. The van der Waals surface area contributed by atoms with E-state index in [9.17, 15) is 9.90 Å². The van der Waals surface area contributed by atoms with E-state index < -0.39 is 6.10 Å². The van der Waals surface area contributed by atoms with Gasteiger partial charge in [0, 0.05) is 48.7 Å². The van der Waals surface area contributed by atoms with Gasteiger partial charge in [0.1, 0.15) is 6.61 Å². The number of H-pyrrole nitrogens is 1. The normalized spacial score (nSPS) is 23.9. The predicted octanol–water partition coefficient (Wildman–Crippen LogP) is 4.11. The van der Waals surface area contributed by atoms with Gasteiger partial charge in [0.2, 0.25) is 0 Å². The van der Waals surface area contributed by atoms with E-state index in [2.05, 4.69) is 34.1 Å². The highest BCUT2D eigenvalue weighted by molar-refractivity contribution is 5.85. The minimum Gasteiger partial charge on any atom is -0.445 e. The Labute approximate surface area is 188 Å². The number of para-hydroxylation sites is 1. The number of benzene rings is 2. The number of nitrogens with one attached hydrogen (secondary N) is 1. The van der Waals surface area contributed by atoms with Crippen molar-refractivity contribution in [1.29, 1.82) is 0 Å². The van der Waals surface area contributed by atoms with Crippen LogP contribution < -0.4 is 0 Å². The second kappa shape index (κ2) is 8.60. The number of carbonyl (C=O) groups excluding carboxylic acids is 1. The number of aromatic nitrogens is 1. The Hall–Kier alpha value is -2.83. The second-order valence-corrected chi connectivity index (χ2v) is 9.18. The molecule has 2 aromatic carbocycles. The molecule has 5 rings (SSSR count). The van der Waals surface area contributed by atoms with Crippen LogP contribution in [0.2, 0.25) is 0 Å². The van der Waals surface area contributed by atoms with E-state index >= 15 is 0 Å². The van der Waals surface area contributed by atoms with E-state index in [-0.39, 0.29) is 30.7 Å². The molecule has 2 N–H and O–H groups in total. The summed E-state index contributed by atoms with van der Waals surface area (Å²) in [5, 5.41) is 11.9. The molecule has 0 radical (unpaired) electrons. The number of piperidine rings is 1. The summed E-state index contributed by atoms with van der Waals surface area (Å²) in [6, 6.07) is 18.3. The molecule has 4 atom stereocenters. The van der Waals surface area contributed by atoms with Gasteiger partial charge in [0.05, 0.1) is 12.1 Å². The maximum absolute atomic E-state index is 12.9. The Bertz CT molecular complexity index is 1090. The minimum atomic E-state index is -0.505. The van der Waals surface area contributed by atoms with Gasteiger partial charge in [0.15, 0.2) is 0 Å². The fourth-order valence-electron chi connectivity index (χ4n) is 5.53. The number of rotatable bonds is 4.